The van der Waals surface area contributed by atoms with Gasteiger partial charge in [-0.05, 0) is 43.4 Å². The van der Waals surface area contributed by atoms with E-state index in [9.17, 15) is 43.2 Å². The molecule has 105 heavy (non-hydrogen) atoms. The summed E-state index contributed by atoms with van der Waals surface area (Å²) in [5.74, 6) is 0.251. The first-order valence-corrected chi connectivity index (χ1v) is 47.4. The third-order valence-electron chi connectivity index (χ3n) is 20.9. The number of rotatable bonds is 84. The van der Waals surface area contributed by atoms with Gasteiger partial charge < -0.3 is 33.8 Å². The van der Waals surface area contributed by atoms with E-state index in [-0.39, 0.29) is 25.7 Å². The van der Waals surface area contributed by atoms with Crippen LogP contribution in [0.4, 0.5) is 0 Å². The van der Waals surface area contributed by atoms with Gasteiger partial charge >= 0.3 is 39.5 Å². The first-order valence-electron chi connectivity index (χ1n) is 44.4. The molecule has 0 aromatic heterocycles. The van der Waals surface area contributed by atoms with Crippen molar-refractivity contribution in [1.82, 2.24) is 0 Å². The van der Waals surface area contributed by atoms with Crippen molar-refractivity contribution in [2.75, 3.05) is 39.6 Å². The fourth-order valence-electron chi connectivity index (χ4n) is 13.3. The third-order valence-corrected chi connectivity index (χ3v) is 22.8. The largest absolute Gasteiger partial charge is 0.472 e. The number of esters is 4. The fraction of sp³-hybridized carbons (Fsp3) is 0.953. The summed E-state index contributed by atoms with van der Waals surface area (Å²) in [5, 5.41) is 10.7. The number of aliphatic hydroxyl groups excluding tert-OH is 1. The highest BCUT2D eigenvalue weighted by atomic mass is 31.2. The van der Waals surface area contributed by atoms with Crippen LogP contribution < -0.4 is 0 Å². The van der Waals surface area contributed by atoms with Crippen molar-refractivity contribution in [3.8, 4) is 0 Å². The van der Waals surface area contributed by atoms with Gasteiger partial charge in [-0.3, -0.25) is 37.3 Å². The highest BCUT2D eigenvalue weighted by molar-refractivity contribution is 7.47. The monoisotopic (exact) mass is 1540 g/mol. The van der Waals surface area contributed by atoms with E-state index in [0.29, 0.717) is 25.7 Å². The number of phosphoric ester groups is 2. The number of aliphatic hydroxyl groups is 1. The molecule has 0 aromatic carbocycles. The molecule has 0 fully saturated rings. The number of carbonyl (C=O) groups is 4. The maximum Gasteiger partial charge on any atom is 0.472 e. The van der Waals surface area contributed by atoms with Gasteiger partial charge in [-0.2, -0.15) is 0 Å². The van der Waals surface area contributed by atoms with Crippen LogP contribution in [0.1, 0.15) is 453 Å². The van der Waals surface area contributed by atoms with Crippen molar-refractivity contribution in [3.05, 3.63) is 0 Å². The summed E-state index contributed by atoms with van der Waals surface area (Å²) in [5.41, 5.74) is 0. The summed E-state index contributed by atoms with van der Waals surface area (Å²) in [7, 11) is -9.93. The molecule has 0 amide bonds. The van der Waals surface area contributed by atoms with Crippen molar-refractivity contribution >= 4 is 39.5 Å². The smallest absolute Gasteiger partial charge is 0.462 e. The Hall–Kier alpha value is -1.94. The summed E-state index contributed by atoms with van der Waals surface area (Å²) in [4.78, 5) is 73.2. The summed E-state index contributed by atoms with van der Waals surface area (Å²) >= 11 is 0. The predicted molar refractivity (Wildman–Crippen MR) is 432 cm³/mol. The van der Waals surface area contributed by atoms with Crippen molar-refractivity contribution in [2.24, 2.45) is 17.8 Å². The summed E-state index contributed by atoms with van der Waals surface area (Å²) < 4.78 is 68.9. The van der Waals surface area contributed by atoms with Crippen molar-refractivity contribution in [2.45, 2.75) is 471 Å². The topological polar surface area (TPSA) is 237 Å². The van der Waals surface area contributed by atoms with E-state index in [2.05, 4.69) is 48.5 Å². The number of ether oxygens (including phenoxy) is 4. The van der Waals surface area contributed by atoms with Crippen molar-refractivity contribution < 1.29 is 80.2 Å². The fourth-order valence-corrected chi connectivity index (χ4v) is 14.9. The Morgan fingerprint density at radius 3 is 0.724 bits per heavy atom. The number of hydrogen-bond acceptors (Lipinski definition) is 15. The van der Waals surface area contributed by atoms with Crippen LogP contribution in [0, 0.1) is 17.8 Å². The van der Waals surface area contributed by atoms with Crippen LogP contribution in [-0.2, 0) is 65.4 Å². The van der Waals surface area contributed by atoms with Crippen LogP contribution in [0.3, 0.4) is 0 Å². The zero-order chi connectivity index (χ0) is 77.2. The van der Waals surface area contributed by atoms with E-state index in [1.54, 1.807) is 0 Å². The first-order chi connectivity index (χ1) is 50.8. The number of hydrogen-bond donors (Lipinski definition) is 3. The minimum absolute atomic E-state index is 0.105. The SMILES string of the molecule is CCCCCCCCCCCCCCCCCCCCCCCCC(=O)O[C@H](COC(=O)CCCCCCCCCCCCCCCCCCC(C)C)COP(=O)(O)OC[C@@H](O)COP(=O)(O)OC[C@@H](COC(=O)CCCCCCCCCCC(C)CC)OC(=O)CCCCCCCCCCC(C)CC. The second-order valence-corrected chi connectivity index (χ2v) is 34.8. The summed E-state index contributed by atoms with van der Waals surface area (Å²) in [6, 6.07) is 0. The molecule has 19 heteroatoms. The standard InChI is InChI=1S/C86H168O17P2/c1-8-11-12-13-14-15-16-17-18-19-20-21-22-23-24-29-32-35-38-48-55-62-69-85(90)102-81(73-96-83(88)67-60-53-46-37-34-31-28-26-25-27-30-33-36-43-50-57-64-77(4)5)75-100-104(92,93)98-71-80(87)72-99-105(94,95)101-76-82(103-86(91)70-63-56-49-42-40-45-52-59-66-79(7)10-3)74-97-84(89)68-61-54-47-41-39-44-51-58-65-78(6)9-2/h77-82,87H,8-76H2,1-7H3,(H,92,93)(H,94,95)/t78?,79?,80-,81-,82-/m1/s1. The van der Waals surface area contributed by atoms with Crippen LogP contribution in [0.5, 0.6) is 0 Å². The van der Waals surface area contributed by atoms with E-state index in [1.165, 1.54) is 263 Å². The second-order valence-electron chi connectivity index (χ2n) is 31.9. The lowest BCUT2D eigenvalue weighted by atomic mass is 9.99. The molecule has 0 aliphatic rings. The van der Waals surface area contributed by atoms with Crippen LogP contribution in [-0.4, -0.2) is 96.7 Å². The molecule has 0 spiro atoms. The van der Waals surface area contributed by atoms with Crippen LogP contribution in [0.2, 0.25) is 0 Å². The average molecular weight is 1540 g/mol. The Bertz CT molecular complexity index is 2030. The molecule has 624 valence electrons. The highest BCUT2D eigenvalue weighted by Crippen LogP contribution is 2.45. The van der Waals surface area contributed by atoms with E-state index in [4.69, 9.17) is 37.0 Å². The maximum absolute atomic E-state index is 13.1. The normalized spacial score (nSPS) is 14.4. The van der Waals surface area contributed by atoms with E-state index >= 15 is 0 Å². The summed E-state index contributed by atoms with van der Waals surface area (Å²) in [6.45, 7) is 12.0. The minimum Gasteiger partial charge on any atom is -0.462 e. The van der Waals surface area contributed by atoms with Gasteiger partial charge in [0.2, 0.25) is 0 Å². The zero-order valence-corrected chi connectivity index (χ0v) is 71.0. The Morgan fingerprint density at radius 2 is 0.486 bits per heavy atom. The Morgan fingerprint density at radius 1 is 0.276 bits per heavy atom. The van der Waals surface area contributed by atoms with Gasteiger partial charge in [0, 0.05) is 25.7 Å². The average Bonchev–Trinajstić information content (AvgIpc) is 0.957. The molecule has 0 heterocycles. The molecule has 7 atom stereocenters. The van der Waals surface area contributed by atoms with E-state index in [0.717, 1.165) is 108 Å². The number of unbranched alkanes of at least 4 members (excludes halogenated alkanes) is 50. The molecular formula is C86H168O17P2. The van der Waals surface area contributed by atoms with Gasteiger partial charge in [0.15, 0.2) is 12.2 Å². The van der Waals surface area contributed by atoms with Crippen LogP contribution >= 0.6 is 15.6 Å². The lowest BCUT2D eigenvalue weighted by Gasteiger charge is -2.21. The molecular weight excluding hydrogens is 1370 g/mol. The first kappa shape index (κ1) is 103. The molecule has 0 bridgehead atoms. The predicted octanol–water partition coefficient (Wildman–Crippen LogP) is 26.1. The molecule has 17 nitrogen and oxygen atoms in total. The lowest BCUT2D eigenvalue weighted by molar-refractivity contribution is -0.161. The molecule has 0 aliphatic carbocycles. The van der Waals surface area contributed by atoms with Gasteiger partial charge in [0.1, 0.15) is 19.3 Å². The molecule has 0 saturated heterocycles. The van der Waals surface area contributed by atoms with Gasteiger partial charge in [0.05, 0.1) is 26.4 Å². The lowest BCUT2D eigenvalue weighted by Crippen LogP contribution is -2.30. The van der Waals surface area contributed by atoms with Gasteiger partial charge in [0.25, 0.3) is 0 Å². The molecule has 4 unspecified atom stereocenters. The molecule has 0 aromatic rings. The van der Waals surface area contributed by atoms with Gasteiger partial charge in [-0.1, -0.05) is 402 Å². The van der Waals surface area contributed by atoms with E-state index in [1.807, 2.05) is 0 Å². The molecule has 3 N–H and O–H groups in total. The van der Waals surface area contributed by atoms with Crippen molar-refractivity contribution in [3.63, 3.8) is 0 Å². The number of phosphoric acid groups is 2. The Kier molecular flexibility index (Phi) is 74.7. The molecule has 0 rings (SSSR count). The molecule has 0 radical (unpaired) electrons. The van der Waals surface area contributed by atoms with Gasteiger partial charge in [-0.25, -0.2) is 9.13 Å². The quantitative estimate of drug-likeness (QED) is 0.0222. The van der Waals surface area contributed by atoms with E-state index < -0.39 is 97.5 Å². The van der Waals surface area contributed by atoms with Gasteiger partial charge in [-0.15, -0.1) is 0 Å². The van der Waals surface area contributed by atoms with Crippen molar-refractivity contribution in [1.29, 1.82) is 0 Å². The zero-order valence-electron chi connectivity index (χ0n) is 69.2. The maximum atomic E-state index is 13.1. The number of carbonyl (C=O) groups excluding carboxylic acids is 4. The second kappa shape index (κ2) is 76.1. The Labute approximate surface area is 645 Å². The molecule has 0 saturated carbocycles. The Balaban J connectivity index is 5.23. The van der Waals surface area contributed by atoms with Crippen LogP contribution in [0.25, 0.3) is 0 Å². The third kappa shape index (κ3) is 77.2. The highest BCUT2D eigenvalue weighted by Gasteiger charge is 2.30. The minimum atomic E-state index is -4.97. The van der Waals surface area contributed by atoms with Crippen LogP contribution in [0.15, 0.2) is 0 Å². The molecule has 0 aliphatic heterocycles. The summed E-state index contributed by atoms with van der Waals surface area (Å²) in [6.07, 6.45) is 66.7.